The van der Waals surface area contributed by atoms with Gasteiger partial charge in [-0.3, -0.25) is 10.1 Å². The van der Waals surface area contributed by atoms with Crippen LogP contribution in [0.25, 0.3) is 0 Å². The lowest BCUT2D eigenvalue weighted by Crippen LogP contribution is -2.03. The Hall–Kier alpha value is -2.30. The van der Waals surface area contributed by atoms with Gasteiger partial charge in [-0.2, -0.15) is 10.2 Å². The first-order valence-corrected chi connectivity index (χ1v) is 3.92. The van der Waals surface area contributed by atoms with Crippen LogP contribution in [0.4, 0.5) is 14.5 Å². The number of rotatable bonds is 3. The van der Waals surface area contributed by atoms with Crippen LogP contribution >= 0.6 is 0 Å². The summed E-state index contributed by atoms with van der Waals surface area (Å²) in [7, 11) is 1.16. The standard InChI is InChI=1S/C8H5F2N3O3/c1-16-6-2-4(8(9)10)7(13(14)15)5(3-11)12-6/h2,8H,1H3. The number of hydrogen-bond acceptors (Lipinski definition) is 5. The molecular weight excluding hydrogens is 224 g/mol. The molecule has 0 bridgehead atoms. The minimum atomic E-state index is -3.08. The summed E-state index contributed by atoms with van der Waals surface area (Å²) in [5.41, 5.74) is -2.56. The molecule has 0 unspecified atom stereocenters. The van der Waals surface area contributed by atoms with Gasteiger partial charge in [-0.1, -0.05) is 0 Å². The molecule has 0 radical (unpaired) electrons. The second-order valence-electron chi connectivity index (χ2n) is 2.62. The predicted molar refractivity (Wildman–Crippen MR) is 47.1 cm³/mol. The minimum Gasteiger partial charge on any atom is -0.481 e. The van der Waals surface area contributed by atoms with E-state index in [0.717, 1.165) is 13.2 Å². The van der Waals surface area contributed by atoms with Crippen molar-refractivity contribution in [2.45, 2.75) is 6.43 Å². The number of hydrogen-bond donors (Lipinski definition) is 0. The summed E-state index contributed by atoms with van der Waals surface area (Å²) in [4.78, 5) is 12.9. The van der Waals surface area contributed by atoms with Crippen molar-refractivity contribution in [1.82, 2.24) is 4.98 Å². The quantitative estimate of drug-likeness (QED) is 0.582. The van der Waals surface area contributed by atoms with Crippen LogP contribution in [0, 0.1) is 21.4 Å². The number of alkyl halides is 2. The number of methoxy groups -OCH3 is 1. The van der Waals surface area contributed by atoms with Crippen molar-refractivity contribution in [2.24, 2.45) is 0 Å². The first kappa shape index (κ1) is 11.8. The summed E-state index contributed by atoms with van der Waals surface area (Å²) in [6.45, 7) is 0. The van der Waals surface area contributed by atoms with Crippen LogP contribution < -0.4 is 4.74 Å². The SMILES string of the molecule is COc1cc(C(F)F)c([N+](=O)[O-])c(C#N)n1. The van der Waals surface area contributed by atoms with Gasteiger partial charge in [-0.25, -0.2) is 8.78 Å². The van der Waals surface area contributed by atoms with Crippen molar-refractivity contribution >= 4 is 5.69 Å². The van der Waals surface area contributed by atoms with Crippen LogP contribution in [-0.4, -0.2) is 17.0 Å². The number of nitrogens with zero attached hydrogens (tertiary/aromatic N) is 3. The molecule has 6 nitrogen and oxygen atoms in total. The van der Waals surface area contributed by atoms with E-state index in [2.05, 4.69) is 9.72 Å². The van der Waals surface area contributed by atoms with Crippen LogP contribution in [0.2, 0.25) is 0 Å². The van der Waals surface area contributed by atoms with Gasteiger partial charge in [-0.05, 0) is 0 Å². The lowest BCUT2D eigenvalue weighted by molar-refractivity contribution is -0.386. The van der Waals surface area contributed by atoms with Crippen LogP contribution in [0.1, 0.15) is 17.7 Å². The number of aromatic nitrogens is 1. The number of nitro groups is 1. The van der Waals surface area contributed by atoms with E-state index in [1.807, 2.05) is 0 Å². The minimum absolute atomic E-state index is 0.266. The van der Waals surface area contributed by atoms with Crippen molar-refractivity contribution in [3.63, 3.8) is 0 Å². The highest BCUT2D eigenvalue weighted by Gasteiger charge is 2.28. The van der Waals surface area contributed by atoms with E-state index in [1.54, 1.807) is 0 Å². The van der Waals surface area contributed by atoms with Crippen LogP contribution in [0.15, 0.2) is 6.07 Å². The van der Waals surface area contributed by atoms with Gasteiger partial charge in [0.05, 0.1) is 12.0 Å². The van der Waals surface area contributed by atoms with Gasteiger partial charge in [0, 0.05) is 6.07 Å². The third-order valence-corrected chi connectivity index (χ3v) is 1.73. The van der Waals surface area contributed by atoms with Gasteiger partial charge < -0.3 is 4.74 Å². The first-order chi connectivity index (χ1) is 7.51. The van der Waals surface area contributed by atoms with E-state index in [1.165, 1.54) is 6.07 Å². The Morgan fingerprint density at radius 2 is 2.31 bits per heavy atom. The van der Waals surface area contributed by atoms with Gasteiger partial charge >= 0.3 is 5.69 Å². The average Bonchev–Trinajstić information content (AvgIpc) is 2.26. The molecule has 1 aromatic heterocycles. The van der Waals surface area contributed by atoms with Gasteiger partial charge in [0.1, 0.15) is 11.6 Å². The molecule has 0 amide bonds. The Bertz CT molecular complexity index is 470. The Morgan fingerprint density at radius 1 is 1.69 bits per heavy atom. The van der Waals surface area contributed by atoms with Crippen molar-refractivity contribution in [3.8, 4) is 11.9 Å². The average molecular weight is 229 g/mol. The fourth-order valence-corrected chi connectivity index (χ4v) is 1.07. The third kappa shape index (κ3) is 2.03. The Balaban J connectivity index is 3.55. The smallest absolute Gasteiger partial charge is 0.314 e. The van der Waals surface area contributed by atoms with Crippen molar-refractivity contribution < 1.29 is 18.4 Å². The number of pyridine rings is 1. The molecule has 0 aliphatic rings. The second kappa shape index (κ2) is 4.48. The molecule has 0 fully saturated rings. The maximum atomic E-state index is 12.5. The van der Waals surface area contributed by atoms with Crippen LogP contribution in [0.5, 0.6) is 5.88 Å². The molecule has 1 rings (SSSR count). The highest BCUT2D eigenvalue weighted by Crippen LogP contribution is 2.33. The van der Waals surface area contributed by atoms with E-state index in [0.29, 0.717) is 0 Å². The second-order valence-corrected chi connectivity index (χ2v) is 2.62. The molecule has 1 heterocycles. The molecule has 0 saturated heterocycles. The number of nitriles is 1. The lowest BCUT2D eigenvalue weighted by Gasteiger charge is -2.05. The van der Waals surface area contributed by atoms with Gasteiger partial charge in [0.25, 0.3) is 6.43 Å². The lowest BCUT2D eigenvalue weighted by atomic mass is 10.2. The van der Waals surface area contributed by atoms with E-state index in [9.17, 15) is 18.9 Å². The van der Waals surface area contributed by atoms with Crippen molar-refractivity contribution in [3.05, 3.63) is 27.4 Å². The van der Waals surface area contributed by atoms with Crippen molar-refractivity contribution in [2.75, 3.05) is 7.11 Å². The maximum absolute atomic E-state index is 12.5. The molecule has 84 valence electrons. The predicted octanol–water partition coefficient (Wildman–Crippen LogP) is 1.81. The normalized spacial score (nSPS) is 9.94. The fraction of sp³-hybridized carbons (Fsp3) is 0.250. The molecule has 0 spiro atoms. The number of halogens is 2. The highest BCUT2D eigenvalue weighted by molar-refractivity contribution is 5.52. The molecule has 0 aromatic carbocycles. The zero-order valence-corrected chi connectivity index (χ0v) is 7.98. The van der Waals surface area contributed by atoms with Crippen LogP contribution in [0.3, 0.4) is 0 Å². The monoisotopic (exact) mass is 229 g/mol. The summed E-state index contributed by atoms with van der Waals surface area (Å²) < 4.78 is 29.6. The van der Waals surface area contributed by atoms with E-state index < -0.39 is 28.3 Å². The Morgan fingerprint density at radius 3 is 2.69 bits per heavy atom. The third-order valence-electron chi connectivity index (χ3n) is 1.73. The Kier molecular flexibility index (Phi) is 3.30. The molecule has 8 heteroatoms. The largest absolute Gasteiger partial charge is 0.481 e. The van der Waals surface area contributed by atoms with Gasteiger partial charge in [-0.15, -0.1) is 0 Å². The molecule has 0 saturated carbocycles. The van der Waals surface area contributed by atoms with Gasteiger partial charge in [0.15, 0.2) is 0 Å². The van der Waals surface area contributed by atoms with Crippen molar-refractivity contribution in [1.29, 1.82) is 5.26 Å². The van der Waals surface area contributed by atoms with E-state index in [-0.39, 0.29) is 5.88 Å². The molecule has 16 heavy (non-hydrogen) atoms. The fourth-order valence-electron chi connectivity index (χ4n) is 1.07. The Labute approximate surface area is 88.2 Å². The molecule has 0 atom stereocenters. The first-order valence-electron chi connectivity index (χ1n) is 3.92. The molecule has 1 aromatic rings. The maximum Gasteiger partial charge on any atom is 0.314 e. The molecular formula is C8H5F2N3O3. The molecule has 0 N–H and O–H groups in total. The summed E-state index contributed by atoms with van der Waals surface area (Å²) in [5, 5.41) is 19.1. The summed E-state index contributed by atoms with van der Waals surface area (Å²) in [5.74, 6) is -0.266. The zero-order chi connectivity index (χ0) is 12.3. The zero-order valence-electron chi connectivity index (χ0n) is 7.98. The molecule has 0 aliphatic heterocycles. The summed E-state index contributed by atoms with van der Waals surface area (Å²) >= 11 is 0. The van der Waals surface area contributed by atoms with Crippen LogP contribution in [-0.2, 0) is 0 Å². The molecule has 0 aliphatic carbocycles. The van der Waals surface area contributed by atoms with E-state index >= 15 is 0 Å². The topological polar surface area (TPSA) is 89.0 Å². The summed E-state index contributed by atoms with van der Waals surface area (Å²) in [6.07, 6.45) is -3.08. The van der Waals surface area contributed by atoms with Gasteiger partial charge in [0.2, 0.25) is 11.6 Å². The van der Waals surface area contributed by atoms with E-state index in [4.69, 9.17) is 5.26 Å². The summed E-state index contributed by atoms with van der Waals surface area (Å²) in [6, 6.07) is 2.12. The number of ether oxygens (including phenoxy) is 1. The highest BCUT2D eigenvalue weighted by atomic mass is 19.3.